The van der Waals surface area contributed by atoms with Crippen molar-refractivity contribution in [1.82, 2.24) is 4.90 Å². The number of benzene rings is 2. The molecule has 1 aliphatic rings. The molecule has 9 nitrogen and oxygen atoms in total. The number of carbonyl (C=O) groups is 1. The molecule has 0 amide bonds. The largest absolute Gasteiger partial charge is 0.507 e. The van der Waals surface area contributed by atoms with E-state index in [0.717, 1.165) is 6.54 Å². The van der Waals surface area contributed by atoms with Crippen LogP contribution in [0.15, 0.2) is 45.6 Å². The van der Waals surface area contributed by atoms with Crippen LogP contribution in [-0.2, 0) is 19.0 Å². The molecule has 0 spiro atoms. The van der Waals surface area contributed by atoms with Crippen LogP contribution in [-0.4, -0.2) is 69.3 Å². The Hall–Kier alpha value is -3.11. The van der Waals surface area contributed by atoms with Crippen molar-refractivity contribution in [3.05, 3.63) is 57.2 Å². The van der Waals surface area contributed by atoms with Crippen LogP contribution in [0.1, 0.15) is 24.8 Å². The van der Waals surface area contributed by atoms with E-state index >= 15 is 0 Å². The molecule has 2 heterocycles. The van der Waals surface area contributed by atoms with Crippen molar-refractivity contribution in [3.8, 4) is 22.8 Å². The van der Waals surface area contributed by atoms with Crippen LogP contribution in [0.25, 0.3) is 22.3 Å². The van der Waals surface area contributed by atoms with Crippen molar-refractivity contribution in [1.29, 1.82) is 0 Å². The number of halogens is 1. The van der Waals surface area contributed by atoms with E-state index in [1.807, 2.05) is 7.05 Å². The summed E-state index contributed by atoms with van der Waals surface area (Å²) >= 11 is 6.40. The number of ether oxygens (including phenoxy) is 4. The third-order valence-electron chi connectivity index (χ3n) is 6.50. The monoisotopic (exact) mass is 531 g/mol. The summed E-state index contributed by atoms with van der Waals surface area (Å²) in [4.78, 5) is 26.9. The van der Waals surface area contributed by atoms with Crippen LogP contribution in [0.3, 0.4) is 0 Å². The van der Waals surface area contributed by atoms with Crippen LogP contribution in [0, 0.1) is 0 Å². The number of hydrogen-bond donors (Lipinski definition) is 1. The lowest BCUT2D eigenvalue weighted by Crippen LogP contribution is -2.34. The zero-order valence-electron chi connectivity index (χ0n) is 21.0. The lowest BCUT2D eigenvalue weighted by atomic mass is 9.89. The van der Waals surface area contributed by atoms with E-state index in [1.165, 1.54) is 19.1 Å². The zero-order valence-corrected chi connectivity index (χ0v) is 21.7. The fraction of sp³-hybridized carbons (Fsp3) is 0.407. The Bertz CT molecular complexity index is 1320. The lowest BCUT2D eigenvalue weighted by Gasteiger charge is -2.27. The second-order valence-electron chi connectivity index (χ2n) is 8.88. The van der Waals surface area contributed by atoms with Gasteiger partial charge in [-0.1, -0.05) is 23.7 Å². The standard InChI is InChI=1S/C27H30ClNO8/c1-16(30)35-14-20-18(8-9-29(20)2)25-24(36-15-34-11-10-33-3)13-22(32)26-21(31)12-23(37-27(25)26)17-6-4-5-7-19(17)28/h4-7,12-13,18,20,32H,8-11,14-15H2,1-3H3/t18-,20+/m1/s1. The van der Waals surface area contributed by atoms with Crippen LogP contribution < -0.4 is 10.2 Å². The van der Waals surface area contributed by atoms with Gasteiger partial charge in [-0.05, 0) is 32.1 Å². The average molecular weight is 532 g/mol. The minimum Gasteiger partial charge on any atom is -0.507 e. The number of phenolic OH excluding ortho intramolecular Hbond substituents is 1. The first-order valence-electron chi connectivity index (χ1n) is 11.9. The van der Waals surface area contributed by atoms with Gasteiger partial charge in [-0.25, -0.2) is 0 Å². The molecule has 1 aromatic heterocycles. The second-order valence-corrected chi connectivity index (χ2v) is 9.28. The zero-order chi connectivity index (χ0) is 26.5. The van der Waals surface area contributed by atoms with Gasteiger partial charge < -0.3 is 28.5 Å². The molecule has 1 saturated heterocycles. The Morgan fingerprint density at radius 1 is 1.24 bits per heavy atom. The summed E-state index contributed by atoms with van der Waals surface area (Å²) in [5.41, 5.74) is 0.918. The number of carbonyl (C=O) groups excluding carboxylic acids is 1. The molecular formula is C27H30ClNO8. The van der Waals surface area contributed by atoms with E-state index in [-0.39, 0.29) is 53.8 Å². The maximum absolute atomic E-state index is 13.3. The van der Waals surface area contributed by atoms with Gasteiger partial charge in [0.1, 0.15) is 34.8 Å². The number of aromatic hydroxyl groups is 1. The molecule has 0 radical (unpaired) electrons. The van der Waals surface area contributed by atoms with Gasteiger partial charge in [0.25, 0.3) is 0 Å². The number of likely N-dealkylation sites (tertiary alicyclic amines) is 1. The maximum Gasteiger partial charge on any atom is 0.302 e. The first-order valence-corrected chi connectivity index (χ1v) is 12.3. The molecule has 10 heteroatoms. The van der Waals surface area contributed by atoms with Gasteiger partial charge in [0.05, 0.1) is 24.3 Å². The number of hydrogen-bond acceptors (Lipinski definition) is 9. The molecule has 0 aliphatic carbocycles. The third-order valence-corrected chi connectivity index (χ3v) is 6.83. The van der Waals surface area contributed by atoms with Crippen molar-refractivity contribution >= 4 is 28.5 Å². The third kappa shape index (κ3) is 5.91. The molecule has 37 heavy (non-hydrogen) atoms. The normalized spacial score (nSPS) is 17.8. The topological polar surface area (TPSA) is 108 Å². The summed E-state index contributed by atoms with van der Waals surface area (Å²) in [6, 6.07) is 9.55. The van der Waals surface area contributed by atoms with Crippen LogP contribution in [0.5, 0.6) is 11.5 Å². The van der Waals surface area contributed by atoms with Gasteiger partial charge in [0.15, 0.2) is 12.2 Å². The summed E-state index contributed by atoms with van der Waals surface area (Å²) < 4.78 is 28.1. The fourth-order valence-corrected chi connectivity index (χ4v) is 4.90. The summed E-state index contributed by atoms with van der Waals surface area (Å²) in [5.74, 6) is -0.306. The molecule has 0 unspecified atom stereocenters. The predicted octanol–water partition coefficient (Wildman–Crippen LogP) is 4.17. The minimum atomic E-state index is -0.416. The van der Waals surface area contributed by atoms with Crippen LogP contribution >= 0.6 is 11.6 Å². The molecule has 1 N–H and O–H groups in total. The first kappa shape index (κ1) is 26.9. The van der Waals surface area contributed by atoms with E-state index < -0.39 is 5.43 Å². The minimum absolute atomic E-state index is 0.0410. The highest BCUT2D eigenvalue weighted by Gasteiger charge is 2.38. The molecule has 198 valence electrons. The number of nitrogens with zero attached hydrogens (tertiary/aromatic N) is 1. The van der Waals surface area contributed by atoms with Gasteiger partial charge in [0, 0.05) is 43.2 Å². The summed E-state index contributed by atoms with van der Waals surface area (Å²) in [6.45, 7) is 2.84. The molecule has 1 fully saturated rings. The maximum atomic E-state index is 13.3. The molecule has 0 saturated carbocycles. The molecule has 3 aromatic rings. The number of esters is 1. The predicted molar refractivity (Wildman–Crippen MR) is 138 cm³/mol. The van der Waals surface area contributed by atoms with Crippen LogP contribution in [0.2, 0.25) is 5.02 Å². The lowest BCUT2D eigenvalue weighted by molar-refractivity contribution is -0.142. The highest BCUT2D eigenvalue weighted by Crippen LogP contribution is 2.45. The van der Waals surface area contributed by atoms with Gasteiger partial charge in [0.2, 0.25) is 0 Å². The van der Waals surface area contributed by atoms with Gasteiger partial charge in [-0.15, -0.1) is 0 Å². The van der Waals surface area contributed by atoms with Crippen molar-refractivity contribution in [2.24, 2.45) is 0 Å². The Balaban J connectivity index is 1.88. The Morgan fingerprint density at radius 2 is 2.03 bits per heavy atom. The molecule has 0 bridgehead atoms. The Labute approximate surface area is 219 Å². The number of phenols is 1. The van der Waals surface area contributed by atoms with Crippen molar-refractivity contribution in [3.63, 3.8) is 0 Å². The molecule has 1 aliphatic heterocycles. The Kier molecular flexibility index (Phi) is 8.71. The van der Waals surface area contributed by atoms with E-state index in [2.05, 4.69) is 4.90 Å². The number of fused-ring (bicyclic) bond motifs is 1. The molecule has 2 aromatic carbocycles. The van der Waals surface area contributed by atoms with E-state index in [0.29, 0.717) is 41.5 Å². The van der Waals surface area contributed by atoms with Crippen molar-refractivity contribution in [2.75, 3.05) is 47.3 Å². The highest BCUT2D eigenvalue weighted by molar-refractivity contribution is 6.33. The van der Waals surface area contributed by atoms with E-state index in [4.69, 9.17) is 35.0 Å². The second kappa shape index (κ2) is 12.0. The van der Waals surface area contributed by atoms with E-state index in [1.54, 1.807) is 31.4 Å². The smallest absolute Gasteiger partial charge is 0.302 e. The Morgan fingerprint density at radius 3 is 2.76 bits per heavy atom. The van der Waals surface area contributed by atoms with Gasteiger partial charge >= 0.3 is 5.97 Å². The quantitative estimate of drug-likeness (QED) is 0.234. The summed E-state index contributed by atoms with van der Waals surface area (Å²) in [6.07, 6.45) is 0.684. The fourth-order valence-electron chi connectivity index (χ4n) is 4.67. The average Bonchev–Trinajstić information content (AvgIpc) is 3.22. The first-order chi connectivity index (χ1) is 17.8. The van der Waals surface area contributed by atoms with Gasteiger partial charge in [-0.2, -0.15) is 0 Å². The molecule has 2 atom stereocenters. The van der Waals surface area contributed by atoms with Crippen molar-refractivity contribution in [2.45, 2.75) is 25.3 Å². The highest BCUT2D eigenvalue weighted by atomic mass is 35.5. The number of likely N-dealkylation sites (N-methyl/N-ethyl adjacent to an activating group) is 1. The number of rotatable bonds is 10. The van der Waals surface area contributed by atoms with Crippen LogP contribution in [0.4, 0.5) is 0 Å². The summed E-state index contributed by atoms with van der Waals surface area (Å²) in [5, 5.41) is 11.3. The number of methoxy groups -OCH3 is 1. The molecule has 4 rings (SSSR count). The SMILES string of the molecule is COCCOCOc1cc(O)c2c(=O)cc(-c3ccccc3Cl)oc2c1[C@@H]1CCN(C)[C@H]1COC(C)=O. The summed E-state index contributed by atoms with van der Waals surface area (Å²) in [7, 11) is 3.51. The van der Waals surface area contributed by atoms with Crippen molar-refractivity contribution < 1.29 is 33.3 Å². The van der Waals surface area contributed by atoms with E-state index in [9.17, 15) is 14.7 Å². The molecular weight excluding hydrogens is 502 g/mol. The van der Waals surface area contributed by atoms with Gasteiger partial charge in [-0.3, -0.25) is 14.5 Å².